The Morgan fingerprint density at radius 3 is 2.19 bits per heavy atom. The third kappa shape index (κ3) is 4.39. The van der Waals surface area contributed by atoms with Crippen LogP contribution < -0.4 is 4.72 Å². The number of halogens is 1. The molecule has 2 aromatic carbocycles. The van der Waals surface area contributed by atoms with Gasteiger partial charge in [0.15, 0.2) is 0 Å². The molecule has 0 atom stereocenters. The average molecular weight is 372 g/mol. The second-order valence-corrected chi connectivity index (χ2v) is 8.13. The van der Waals surface area contributed by atoms with Crippen LogP contribution in [0.2, 0.25) is 0 Å². The van der Waals surface area contributed by atoms with Gasteiger partial charge >= 0.3 is 0 Å². The molecule has 0 spiro atoms. The number of hydrogen-bond donors (Lipinski definition) is 1. The summed E-state index contributed by atoms with van der Waals surface area (Å²) in [4.78, 5) is 0. The highest BCUT2D eigenvalue weighted by atomic mass is 32.2. The zero-order chi connectivity index (χ0) is 18.7. The highest BCUT2D eigenvalue weighted by molar-refractivity contribution is 7.88. The third-order valence-corrected chi connectivity index (χ3v) is 5.51. The van der Waals surface area contributed by atoms with Crippen molar-refractivity contribution in [2.45, 2.75) is 26.1 Å². The van der Waals surface area contributed by atoms with Crippen LogP contribution in [0, 0.1) is 19.7 Å². The number of hydrogen-bond acceptors (Lipinski definition) is 2. The van der Waals surface area contributed by atoms with Crippen LogP contribution in [-0.2, 0) is 22.3 Å². The van der Waals surface area contributed by atoms with Gasteiger partial charge in [-0.2, -0.15) is 0 Å². The van der Waals surface area contributed by atoms with Crippen LogP contribution in [0.1, 0.15) is 22.5 Å². The summed E-state index contributed by atoms with van der Waals surface area (Å²) in [5.74, 6) is -0.686. The Hall–Kier alpha value is -2.44. The molecule has 0 amide bonds. The second kappa shape index (κ2) is 7.43. The molecule has 0 radical (unpaired) electrons. The molecule has 136 valence electrons. The molecule has 1 aromatic heterocycles. The largest absolute Gasteiger partial charge is 0.319 e. The zero-order valence-corrected chi connectivity index (χ0v) is 15.6. The Morgan fingerprint density at radius 1 is 0.923 bits per heavy atom. The molecule has 4 nitrogen and oxygen atoms in total. The minimum Gasteiger partial charge on any atom is -0.319 e. The second-order valence-electron chi connectivity index (χ2n) is 6.33. The minimum atomic E-state index is -3.54. The van der Waals surface area contributed by atoms with Crippen LogP contribution in [0.5, 0.6) is 0 Å². The van der Waals surface area contributed by atoms with Crippen molar-refractivity contribution in [2.75, 3.05) is 0 Å². The standard InChI is InChI=1S/C20H21FN2O2S/c1-15-6-7-16(2)23(15)20-10-8-17(9-11-20)13-22-26(24,25)14-18-4-3-5-19(21)12-18/h3-12,22H,13-14H2,1-2H3. The van der Waals surface area contributed by atoms with Crippen LogP contribution in [0.3, 0.4) is 0 Å². The van der Waals surface area contributed by atoms with Crippen molar-refractivity contribution in [3.05, 3.63) is 89.0 Å². The third-order valence-electron chi connectivity index (χ3n) is 4.21. The van der Waals surface area contributed by atoms with Gasteiger partial charge in [-0.15, -0.1) is 0 Å². The number of nitrogens with one attached hydrogen (secondary N) is 1. The molecule has 3 rings (SSSR count). The number of nitrogens with zero attached hydrogens (tertiary/aromatic N) is 1. The van der Waals surface area contributed by atoms with Gasteiger partial charge in [0.2, 0.25) is 10.0 Å². The summed E-state index contributed by atoms with van der Waals surface area (Å²) < 4.78 is 42.3. The molecule has 0 unspecified atom stereocenters. The summed E-state index contributed by atoms with van der Waals surface area (Å²) in [6.45, 7) is 4.28. The van der Waals surface area contributed by atoms with Crippen LogP contribution in [0.25, 0.3) is 5.69 Å². The molecular formula is C20H21FN2O2S. The average Bonchev–Trinajstić information content (AvgIpc) is 2.92. The maximum absolute atomic E-state index is 13.2. The fraction of sp³-hybridized carbons (Fsp3) is 0.200. The van der Waals surface area contributed by atoms with Crippen LogP contribution in [0.4, 0.5) is 4.39 Å². The van der Waals surface area contributed by atoms with Crippen molar-refractivity contribution in [3.63, 3.8) is 0 Å². The van der Waals surface area contributed by atoms with E-state index in [9.17, 15) is 12.8 Å². The normalized spacial score (nSPS) is 11.7. The van der Waals surface area contributed by atoms with Gasteiger partial charge in [-0.1, -0.05) is 24.3 Å². The SMILES string of the molecule is Cc1ccc(C)n1-c1ccc(CNS(=O)(=O)Cc2cccc(F)c2)cc1. The Balaban J connectivity index is 1.66. The molecular weight excluding hydrogens is 351 g/mol. The number of rotatable bonds is 6. The maximum Gasteiger partial charge on any atom is 0.216 e. The summed E-state index contributed by atoms with van der Waals surface area (Å²) in [5.41, 5.74) is 4.61. The highest BCUT2D eigenvalue weighted by Gasteiger charge is 2.12. The first-order chi connectivity index (χ1) is 12.3. The van der Waals surface area contributed by atoms with Gasteiger partial charge in [-0.25, -0.2) is 17.5 Å². The van der Waals surface area contributed by atoms with E-state index in [0.717, 1.165) is 22.6 Å². The van der Waals surface area contributed by atoms with Crippen molar-refractivity contribution < 1.29 is 12.8 Å². The van der Waals surface area contributed by atoms with E-state index in [1.165, 1.54) is 18.2 Å². The van der Waals surface area contributed by atoms with Gasteiger partial charge in [0.25, 0.3) is 0 Å². The van der Waals surface area contributed by atoms with Gasteiger partial charge in [0.05, 0.1) is 5.75 Å². The van der Waals surface area contributed by atoms with Gasteiger partial charge in [-0.3, -0.25) is 0 Å². The molecule has 6 heteroatoms. The highest BCUT2D eigenvalue weighted by Crippen LogP contribution is 2.17. The Morgan fingerprint density at radius 2 is 1.58 bits per heavy atom. The minimum absolute atomic E-state index is 0.196. The van der Waals surface area contributed by atoms with Gasteiger partial charge < -0.3 is 4.57 Å². The predicted molar refractivity (Wildman–Crippen MR) is 101 cm³/mol. The molecule has 1 heterocycles. The molecule has 0 saturated heterocycles. The van der Waals surface area contributed by atoms with E-state index in [1.807, 2.05) is 38.1 Å². The van der Waals surface area contributed by atoms with E-state index in [4.69, 9.17) is 0 Å². The van der Waals surface area contributed by atoms with Crippen molar-refractivity contribution in [1.82, 2.24) is 9.29 Å². The Labute approximate surface area is 153 Å². The first kappa shape index (κ1) is 18.4. The molecule has 26 heavy (non-hydrogen) atoms. The summed E-state index contributed by atoms with van der Waals surface area (Å²) in [5, 5.41) is 0. The first-order valence-corrected chi connectivity index (χ1v) is 9.95. The van der Waals surface area contributed by atoms with Crippen molar-refractivity contribution in [2.24, 2.45) is 0 Å². The van der Waals surface area contributed by atoms with Crippen molar-refractivity contribution in [3.8, 4) is 5.69 Å². The monoisotopic (exact) mass is 372 g/mol. The molecule has 0 aliphatic heterocycles. The van der Waals surface area contributed by atoms with Gasteiger partial charge in [0.1, 0.15) is 5.82 Å². The Kier molecular flexibility index (Phi) is 5.25. The van der Waals surface area contributed by atoms with E-state index in [0.29, 0.717) is 5.56 Å². The van der Waals surface area contributed by atoms with E-state index in [-0.39, 0.29) is 12.3 Å². The lowest BCUT2D eigenvalue weighted by molar-refractivity contribution is 0.580. The fourth-order valence-electron chi connectivity index (χ4n) is 2.93. The summed E-state index contributed by atoms with van der Waals surface area (Å²) in [6.07, 6.45) is 0. The summed E-state index contributed by atoms with van der Waals surface area (Å²) in [6, 6.07) is 17.5. The van der Waals surface area contributed by atoms with Crippen LogP contribution in [-0.4, -0.2) is 13.0 Å². The quantitative estimate of drug-likeness (QED) is 0.714. The van der Waals surface area contributed by atoms with E-state index < -0.39 is 15.8 Å². The summed E-state index contributed by atoms with van der Waals surface area (Å²) >= 11 is 0. The first-order valence-electron chi connectivity index (χ1n) is 8.30. The number of aromatic nitrogens is 1. The zero-order valence-electron chi connectivity index (χ0n) is 14.7. The van der Waals surface area contributed by atoms with E-state index in [2.05, 4.69) is 21.4 Å². The molecule has 0 aliphatic carbocycles. The van der Waals surface area contributed by atoms with Gasteiger partial charge in [0, 0.05) is 23.6 Å². The number of sulfonamides is 1. The van der Waals surface area contributed by atoms with Crippen molar-refractivity contribution in [1.29, 1.82) is 0 Å². The molecule has 0 aliphatic rings. The number of benzene rings is 2. The molecule has 0 saturated carbocycles. The van der Waals surface area contributed by atoms with Gasteiger partial charge in [-0.05, 0) is 61.4 Å². The van der Waals surface area contributed by atoms with Crippen molar-refractivity contribution >= 4 is 10.0 Å². The predicted octanol–water partition coefficient (Wildman–Crippen LogP) is 3.85. The molecule has 0 fully saturated rings. The lowest BCUT2D eigenvalue weighted by Crippen LogP contribution is -2.24. The smallest absolute Gasteiger partial charge is 0.216 e. The van der Waals surface area contributed by atoms with Crippen LogP contribution >= 0.6 is 0 Å². The van der Waals surface area contributed by atoms with E-state index in [1.54, 1.807) is 6.07 Å². The lowest BCUT2D eigenvalue weighted by Gasteiger charge is -2.11. The lowest BCUT2D eigenvalue weighted by atomic mass is 10.2. The van der Waals surface area contributed by atoms with E-state index >= 15 is 0 Å². The summed E-state index contributed by atoms with van der Waals surface area (Å²) in [7, 11) is -3.54. The Bertz CT molecular complexity index is 989. The van der Waals surface area contributed by atoms with Crippen LogP contribution in [0.15, 0.2) is 60.7 Å². The maximum atomic E-state index is 13.2. The molecule has 1 N–H and O–H groups in total. The fourth-order valence-corrected chi connectivity index (χ4v) is 4.04. The number of aryl methyl sites for hydroxylation is 2. The molecule has 0 bridgehead atoms. The topological polar surface area (TPSA) is 51.1 Å². The molecule has 3 aromatic rings.